The Kier molecular flexibility index (Phi) is 5.64. The molecule has 2 unspecified atom stereocenters. The Morgan fingerprint density at radius 1 is 1.17 bits per heavy atom. The predicted octanol–water partition coefficient (Wildman–Crippen LogP) is 2.54. The first-order valence-electron chi connectivity index (χ1n) is 7.67. The molecule has 3 heteroatoms. The van der Waals surface area contributed by atoms with Crippen LogP contribution in [-0.2, 0) is 9.53 Å². The minimum Gasteiger partial charge on any atom is -0.379 e. The summed E-state index contributed by atoms with van der Waals surface area (Å²) in [7, 11) is 0. The van der Waals surface area contributed by atoms with Crippen LogP contribution in [0.1, 0.15) is 51.9 Å². The van der Waals surface area contributed by atoms with Crippen LogP contribution in [0.15, 0.2) is 0 Å². The summed E-state index contributed by atoms with van der Waals surface area (Å²) in [6.07, 6.45) is 8.41. The molecular formula is C15H27NO2. The number of nitrogens with one attached hydrogen (secondary N) is 1. The number of rotatable bonds is 5. The molecule has 1 saturated heterocycles. The van der Waals surface area contributed by atoms with E-state index in [-0.39, 0.29) is 12.0 Å². The molecule has 1 heterocycles. The van der Waals surface area contributed by atoms with Gasteiger partial charge in [-0.25, -0.2) is 0 Å². The summed E-state index contributed by atoms with van der Waals surface area (Å²) in [5, 5.41) is 3.47. The number of carbonyl (C=O) groups is 1. The third kappa shape index (κ3) is 3.55. The molecule has 0 aromatic carbocycles. The zero-order valence-corrected chi connectivity index (χ0v) is 11.6. The number of hydrogen-bond acceptors (Lipinski definition) is 3. The molecule has 0 bridgehead atoms. The standard InChI is InChI=1S/C15H27NO2/c1-2-9-16-14-11-18-10-13(14)15(17)12-7-5-3-4-6-8-12/h12-14,16H,2-11H2,1H3. The van der Waals surface area contributed by atoms with Crippen LogP contribution in [-0.4, -0.2) is 31.6 Å². The Bertz CT molecular complexity index is 259. The van der Waals surface area contributed by atoms with Crippen LogP contribution in [0.5, 0.6) is 0 Å². The molecule has 2 atom stereocenters. The quantitative estimate of drug-likeness (QED) is 0.765. The van der Waals surface area contributed by atoms with Gasteiger partial charge in [0.05, 0.1) is 19.1 Å². The zero-order valence-electron chi connectivity index (χ0n) is 11.6. The minimum atomic E-state index is 0.111. The van der Waals surface area contributed by atoms with Gasteiger partial charge in [-0.1, -0.05) is 32.6 Å². The Morgan fingerprint density at radius 3 is 2.56 bits per heavy atom. The Hall–Kier alpha value is -0.410. The first-order chi connectivity index (χ1) is 8.83. The van der Waals surface area contributed by atoms with E-state index in [0.717, 1.165) is 25.8 Å². The van der Waals surface area contributed by atoms with Crippen molar-refractivity contribution in [2.75, 3.05) is 19.8 Å². The normalized spacial score (nSPS) is 30.3. The maximum absolute atomic E-state index is 12.6. The lowest BCUT2D eigenvalue weighted by atomic mass is 9.85. The van der Waals surface area contributed by atoms with Crippen molar-refractivity contribution in [3.63, 3.8) is 0 Å². The maximum Gasteiger partial charge on any atom is 0.142 e. The van der Waals surface area contributed by atoms with Gasteiger partial charge >= 0.3 is 0 Å². The van der Waals surface area contributed by atoms with Gasteiger partial charge in [0.2, 0.25) is 0 Å². The highest BCUT2D eigenvalue weighted by Crippen LogP contribution is 2.28. The summed E-state index contributed by atoms with van der Waals surface area (Å²) in [5.74, 6) is 0.896. The van der Waals surface area contributed by atoms with Gasteiger partial charge in [0.25, 0.3) is 0 Å². The fourth-order valence-electron chi connectivity index (χ4n) is 3.23. The molecule has 0 aromatic heterocycles. The highest BCUT2D eigenvalue weighted by Gasteiger charge is 2.36. The van der Waals surface area contributed by atoms with Crippen molar-refractivity contribution in [2.24, 2.45) is 11.8 Å². The van der Waals surface area contributed by atoms with Gasteiger partial charge in [0, 0.05) is 12.0 Å². The summed E-state index contributed by atoms with van der Waals surface area (Å²) < 4.78 is 5.53. The van der Waals surface area contributed by atoms with Crippen LogP contribution in [0.2, 0.25) is 0 Å². The van der Waals surface area contributed by atoms with Crippen LogP contribution in [0.3, 0.4) is 0 Å². The molecule has 1 aliphatic heterocycles. The second-order valence-electron chi connectivity index (χ2n) is 5.80. The number of ketones is 1. The largest absolute Gasteiger partial charge is 0.379 e. The smallest absolute Gasteiger partial charge is 0.142 e. The molecule has 2 aliphatic rings. The van der Waals surface area contributed by atoms with Gasteiger partial charge in [-0.3, -0.25) is 4.79 Å². The van der Waals surface area contributed by atoms with Crippen LogP contribution >= 0.6 is 0 Å². The highest BCUT2D eigenvalue weighted by atomic mass is 16.5. The van der Waals surface area contributed by atoms with E-state index in [9.17, 15) is 4.79 Å². The number of ether oxygens (including phenoxy) is 1. The van der Waals surface area contributed by atoms with Crippen LogP contribution in [0.4, 0.5) is 0 Å². The van der Waals surface area contributed by atoms with Crippen LogP contribution in [0.25, 0.3) is 0 Å². The Morgan fingerprint density at radius 2 is 1.89 bits per heavy atom. The molecule has 104 valence electrons. The second-order valence-corrected chi connectivity index (χ2v) is 5.80. The lowest BCUT2D eigenvalue weighted by Gasteiger charge is -2.22. The van der Waals surface area contributed by atoms with Gasteiger partial charge in [-0.2, -0.15) is 0 Å². The fraction of sp³-hybridized carbons (Fsp3) is 0.933. The average molecular weight is 253 g/mol. The molecular weight excluding hydrogens is 226 g/mol. The van der Waals surface area contributed by atoms with Crippen LogP contribution in [0, 0.1) is 11.8 Å². The second kappa shape index (κ2) is 7.25. The number of carbonyl (C=O) groups excluding carboxylic acids is 1. The van der Waals surface area contributed by atoms with Crippen molar-refractivity contribution in [3.8, 4) is 0 Å². The highest BCUT2D eigenvalue weighted by molar-refractivity contribution is 5.84. The summed E-state index contributed by atoms with van der Waals surface area (Å²) in [6, 6.07) is 0.265. The van der Waals surface area contributed by atoms with E-state index in [1.807, 2.05) is 0 Å². The van der Waals surface area contributed by atoms with Gasteiger partial charge in [0.15, 0.2) is 0 Å². The lowest BCUT2D eigenvalue weighted by molar-refractivity contribution is -0.127. The van der Waals surface area contributed by atoms with Gasteiger partial charge < -0.3 is 10.1 Å². The molecule has 0 amide bonds. The van der Waals surface area contributed by atoms with E-state index in [4.69, 9.17) is 4.74 Å². The molecule has 3 nitrogen and oxygen atoms in total. The van der Waals surface area contributed by atoms with E-state index in [0.29, 0.717) is 24.9 Å². The van der Waals surface area contributed by atoms with E-state index in [2.05, 4.69) is 12.2 Å². The molecule has 1 N–H and O–H groups in total. The zero-order chi connectivity index (χ0) is 12.8. The minimum absolute atomic E-state index is 0.111. The molecule has 1 aliphatic carbocycles. The maximum atomic E-state index is 12.6. The van der Waals surface area contributed by atoms with E-state index in [1.54, 1.807) is 0 Å². The van der Waals surface area contributed by atoms with Crippen molar-refractivity contribution in [1.29, 1.82) is 0 Å². The fourth-order valence-corrected chi connectivity index (χ4v) is 3.23. The predicted molar refractivity (Wildman–Crippen MR) is 72.6 cm³/mol. The Labute approximate surface area is 111 Å². The van der Waals surface area contributed by atoms with Crippen molar-refractivity contribution in [2.45, 2.75) is 57.9 Å². The lowest BCUT2D eigenvalue weighted by Crippen LogP contribution is -2.41. The Balaban J connectivity index is 1.89. The summed E-state index contributed by atoms with van der Waals surface area (Å²) in [6.45, 7) is 4.49. The molecule has 0 aromatic rings. The van der Waals surface area contributed by atoms with E-state index in [1.165, 1.54) is 25.7 Å². The third-order valence-corrected chi connectivity index (χ3v) is 4.36. The van der Waals surface area contributed by atoms with Crippen molar-refractivity contribution in [3.05, 3.63) is 0 Å². The molecule has 0 radical (unpaired) electrons. The van der Waals surface area contributed by atoms with E-state index >= 15 is 0 Å². The molecule has 18 heavy (non-hydrogen) atoms. The number of hydrogen-bond donors (Lipinski definition) is 1. The summed E-state index contributed by atoms with van der Waals surface area (Å²) in [5.41, 5.74) is 0. The van der Waals surface area contributed by atoms with Gasteiger partial charge in [-0.15, -0.1) is 0 Å². The summed E-state index contributed by atoms with van der Waals surface area (Å²) >= 11 is 0. The summed E-state index contributed by atoms with van der Waals surface area (Å²) in [4.78, 5) is 12.6. The first-order valence-corrected chi connectivity index (χ1v) is 7.67. The molecule has 0 spiro atoms. The third-order valence-electron chi connectivity index (χ3n) is 4.36. The molecule has 1 saturated carbocycles. The first kappa shape index (κ1) is 14.0. The van der Waals surface area contributed by atoms with Gasteiger partial charge in [-0.05, 0) is 25.8 Å². The van der Waals surface area contributed by atoms with Crippen molar-refractivity contribution in [1.82, 2.24) is 5.32 Å². The van der Waals surface area contributed by atoms with Crippen molar-refractivity contribution >= 4 is 5.78 Å². The molecule has 2 fully saturated rings. The van der Waals surface area contributed by atoms with E-state index < -0.39 is 0 Å². The van der Waals surface area contributed by atoms with Crippen LogP contribution < -0.4 is 5.32 Å². The average Bonchev–Trinajstić information content (AvgIpc) is 2.68. The monoisotopic (exact) mass is 253 g/mol. The van der Waals surface area contributed by atoms with Crippen molar-refractivity contribution < 1.29 is 9.53 Å². The SMILES string of the molecule is CCCNC1COCC1C(=O)C1CCCCCC1. The molecule has 2 rings (SSSR count). The number of Topliss-reactive ketones (excluding diaryl/α,β-unsaturated/α-hetero) is 1. The topological polar surface area (TPSA) is 38.3 Å². The van der Waals surface area contributed by atoms with Gasteiger partial charge in [0.1, 0.15) is 5.78 Å².